The Bertz CT molecular complexity index is 828. The van der Waals surface area contributed by atoms with E-state index in [2.05, 4.69) is 4.98 Å². The molecule has 1 aromatic heterocycles. The zero-order chi connectivity index (χ0) is 17.9. The lowest BCUT2D eigenvalue weighted by molar-refractivity contribution is -0.394. The number of benzene rings is 1. The number of aromatic hydroxyl groups is 1. The fraction of sp³-hybridized carbons (Fsp3) is 0.286. The van der Waals surface area contributed by atoms with Crippen molar-refractivity contribution in [2.45, 2.75) is 26.2 Å². The summed E-state index contributed by atoms with van der Waals surface area (Å²) >= 11 is 0. The van der Waals surface area contributed by atoms with Crippen LogP contribution in [-0.2, 0) is 6.42 Å². The first-order valence-corrected chi connectivity index (χ1v) is 7.00. The van der Waals surface area contributed by atoms with Crippen LogP contribution in [0, 0.1) is 20.2 Å². The molecule has 0 radical (unpaired) electrons. The van der Waals surface area contributed by atoms with Crippen molar-refractivity contribution in [3.63, 3.8) is 0 Å². The Morgan fingerprint density at radius 3 is 2.21 bits per heavy atom. The number of rotatable bonds is 6. The number of non-ortho nitro benzene ring substituents is 2. The minimum Gasteiger partial charge on any atom is -0.493 e. The Kier molecular flexibility index (Phi) is 4.87. The van der Waals surface area contributed by atoms with Gasteiger partial charge in [0.15, 0.2) is 0 Å². The molecule has 0 bridgehead atoms. The van der Waals surface area contributed by atoms with E-state index < -0.39 is 38.6 Å². The molecule has 0 unspecified atom stereocenters. The van der Waals surface area contributed by atoms with E-state index in [-0.39, 0.29) is 17.5 Å². The van der Waals surface area contributed by atoms with Gasteiger partial charge >= 0.3 is 5.63 Å². The monoisotopic (exact) mass is 335 g/mol. The third kappa shape index (κ3) is 3.54. The lowest BCUT2D eigenvalue weighted by atomic mass is 10.1. The van der Waals surface area contributed by atoms with E-state index in [1.807, 2.05) is 6.92 Å². The standard InChI is InChI=1S/C14H13N3O7/c1-2-3-4-11-12(18)15-13(24-14(11)19)8-5-9(16(20)21)7-10(6-8)17(22)23/h5-7,18H,2-4H2,1H3. The second-order valence-electron chi connectivity index (χ2n) is 4.96. The molecule has 10 nitrogen and oxygen atoms in total. The van der Waals surface area contributed by atoms with Gasteiger partial charge in [-0.05, 0) is 12.8 Å². The van der Waals surface area contributed by atoms with Crippen molar-refractivity contribution >= 4 is 11.4 Å². The quantitative estimate of drug-likeness (QED) is 0.625. The van der Waals surface area contributed by atoms with Crippen molar-refractivity contribution in [1.29, 1.82) is 0 Å². The Morgan fingerprint density at radius 2 is 1.75 bits per heavy atom. The lowest BCUT2D eigenvalue weighted by Gasteiger charge is -2.04. The summed E-state index contributed by atoms with van der Waals surface area (Å²) in [6.07, 6.45) is 1.70. The van der Waals surface area contributed by atoms with Crippen LogP contribution in [0.5, 0.6) is 5.88 Å². The maximum absolute atomic E-state index is 11.9. The lowest BCUT2D eigenvalue weighted by Crippen LogP contribution is -2.10. The van der Waals surface area contributed by atoms with Crippen molar-refractivity contribution in [2.75, 3.05) is 0 Å². The Hall–Kier alpha value is -3.30. The van der Waals surface area contributed by atoms with Gasteiger partial charge in [-0.15, -0.1) is 0 Å². The van der Waals surface area contributed by atoms with Gasteiger partial charge in [0.05, 0.1) is 27.0 Å². The highest BCUT2D eigenvalue weighted by Crippen LogP contribution is 2.29. The molecule has 0 aliphatic rings. The highest BCUT2D eigenvalue weighted by molar-refractivity contribution is 5.63. The minimum atomic E-state index is -0.833. The molecule has 0 aliphatic heterocycles. The highest BCUT2D eigenvalue weighted by Gasteiger charge is 2.21. The topological polar surface area (TPSA) is 150 Å². The SMILES string of the molecule is CCCCc1c(O)nc(-c2cc([N+](=O)[O-])cc([N+](=O)[O-])c2)oc1=O. The number of hydrogen-bond acceptors (Lipinski definition) is 8. The predicted octanol–water partition coefficient (Wildman–Crippen LogP) is 2.57. The molecule has 0 saturated heterocycles. The Labute approximate surface area is 134 Å². The Balaban J connectivity index is 2.57. The van der Waals surface area contributed by atoms with Gasteiger partial charge in [-0.1, -0.05) is 13.3 Å². The molecule has 0 atom stereocenters. The average Bonchev–Trinajstić information content (AvgIpc) is 2.53. The molecule has 1 aromatic carbocycles. The van der Waals surface area contributed by atoms with Gasteiger partial charge in [0.2, 0.25) is 11.8 Å². The first-order chi connectivity index (χ1) is 11.3. The van der Waals surface area contributed by atoms with Crippen molar-refractivity contribution in [1.82, 2.24) is 4.98 Å². The smallest absolute Gasteiger partial charge is 0.346 e. The second kappa shape index (κ2) is 6.86. The molecule has 0 aliphatic carbocycles. The molecule has 1 heterocycles. The number of hydrogen-bond donors (Lipinski definition) is 1. The third-order valence-corrected chi connectivity index (χ3v) is 3.26. The van der Waals surface area contributed by atoms with E-state index in [0.717, 1.165) is 24.6 Å². The van der Waals surface area contributed by atoms with Crippen molar-refractivity contribution < 1.29 is 19.4 Å². The zero-order valence-electron chi connectivity index (χ0n) is 12.6. The number of unbranched alkanes of at least 4 members (excludes halogenated alkanes) is 1. The molecular formula is C14H13N3O7. The fourth-order valence-electron chi connectivity index (χ4n) is 2.05. The molecule has 0 spiro atoms. The van der Waals surface area contributed by atoms with Crippen LogP contribution in [0.4, 0.5) is 11.4 Å². The molecule has 1 N–H and O–H groups in total. The van der Waals surface area contributed by atoms with Crippen LogP contribution in [0.25, 0.3) is 11.5 Å². The summed E-state index contributed by atoms with van der Waals surface area (Å²) in [7, 11) is 0. The van der Waals surface area contributed by atoms with Crippen LogP contribution in [0.2, 0.25) is 0 Å². The van der Waals surface area contributed by atoms with Gasteiger partial charge in [-0.2, -0.15) is 4.98 Å². The van der Waals surface area contributed by atoms with E-state index in [1.54, 1.807) is 0 Å². The van der Waals surface area contributed by atoms with E-state index in [1.165, 1.54) is 0 Å². The van der Waals surface area contributed by atoms with Gasteiger partial charge in [0, 0.05) is 12.1 Å². The van der Waals surface area contributed by atoms with Crippen LogP contribution in [0.1, 0.15) is 25.3 Å². The summed E-state index contributed by atoms with van der Waals surface area (Å²) < 4.78 is 4.97. The van der Waals surface area contributed by atoms with Gasteiger partial charge < -0.3 is 9.52 Å². The third-order valence-electron chi connectivity index (χ3n) is 3.26. The number of aromatic nitrogens is 1. The molecule has 10 heteroatoms. The summed E-state index contributed by atoms with van der Waals surface area (Å²) in [5.41, 5.74) is -2.10. The van der Waals surface area contributed by atoms with E-state index in [4.69, 9.17) is 4.42 Å². The fourth-order valence-corrected chi connectivity index (χ4v) is 2.05. The summed E-state index contributed by atoms with van der Waals surface area (Å²) in [6.45, 7) is 1.91. The number of nitrogens with zero attached hydrogens (tertiary/aromatic N) is 3. The van der Waals surface area contributed by atoms with Crippen LogP contribution < -0.4 is 5.63 Å². The van der Waals surface area contributed by atoms with Gasteiger partial charge in [-0.25, -0.2) is 4.79 Å². The number of nitro groups is 2. The van der Waals surface area contributed by atoms with Crippen molar-refractivity contribution in [3.05, 3.63) is 54.4 Å². The van der Waals surface area contributed by atoms with Gasteiger partial charge in [0.25, 0.3) is 11.4 Å². The van der Waals surface area contributed by atoms with Gasteiger partial charge in [0.1, 0.15) is 0 Å². The van der Waals surface area contributed by atoms with Crippen LogP contribution in [-0.4, -0.2) is 19.9 Å². The molecule has 2 rings (SSSR count). The molecule has 2 aromatic rings. The van der Waals surface area contributed by atoms with E-state index >= 15 is 0 Å². The normalized spacial score (nSPS) is 10.5. The number of nitro benzene ring substituents is 2. The maximum atomic E-state index is 11.9. The minimum absolute atomic E-state index is 0.000491. The van der Waals surface area contributed by atoms with E-state index in [0.29, 0.717) is 6.42 Å². The Morgan fingerprint density at radius 1 is 1.17 bits per heavy atom. The zero-order valence-corrected chi connectivity index (χ0v) is 12.6. The molecule has 0 saturated carbocycles. The maximum Gasteiger partial charge on any atom is 0.346 e. The predicted molar refractivity (Wildman–Crippen MR) is 81.8 cm³/mol. The first-order valence-electron chi connectivity index (χ1n) is 7.00. The molecule has 0 amide bonds. The highest BCUT2D eigenvalue weighted by atomic mass is 16.6. The summed E-state index contributed by atoms with van der Waals surface area (Å²) in [4.78, 5) is 35.8. The molecule has 24 heavy (non-hydrogen) atoms. The van der Waals surface area contributed by atoms with Crippen molar-refractivity contribution in [2.24, 2.45) is 0 Å². The second-order valence-corrected chi connectivity index (χ2v) is 4.96. The molecule has 0 fully saturated rings. The van der Waals surface area contributed by atoms with Crippen LogP contribution in [0.3, 0.4) is 0 Å². The van der Waals surface area contributed by atoms with E-state index in [9.17, 15) is 30.1 Å². The summed E-state index contributed by atoms with van der Waals surface area (Å²) in [5, 5.41) is 31.7. The van der Waals surface area contributed by atoms with Gasteiger partial charge in [-0.3, -0.25) is 20.2 Å². The molecular weight excluding hydrogens is 322 g/mol. The van der Waals surface area contributed by atoms with Crippen LogP contribution in [0.15, 0.2) is 27.4 Å². The van der Waals surface area contributed by atoms with Crippen molar-refractivity contribution in [3.8, 4) is 17.3 Å². The summed E-state index contributed by atoms with van der Waals surface area (Å²) in [5.74, 6) is -0.978. The summed E-state index contributed by atoms with van der Waals surface area (Å²) in [6, 6.07) is 2.73. The molecule has 126 valence electrons. The van der Waals surface area contributed by atoms with Crippen LogP contribution >= 0.6 is 0 Å². The largest absolute Gasteiger partial charge is 0.493 e. The first kappa shape index (κ1) is 17.1. The average molecular weight is 335 g/mol.